The minimum absolute atomic E-state index is 0.203. The molecule has 88 valence electrons. The second-order valence-corrected chi connectivity index (χ2v) is 4.83. The second kappa shape index (κ2) is 3.86. The second-order valence-electron chi connectivity index (χ2n) is 4.83. The quantitative estimate of drug-likeness (QED) is 0.763. The lowest BCUT2D eigenvalue weighted by atomic mass is 9.81. The summed E-state index contributed by atoms with van der Waals surface area (Å²) in [5, 5.41) is 0. The molecule has 16 heavy (non-hydrogen) atoms. The molecule has 0 bridgehead atoms. The van der Waals surface area contributed by atoms with Gasteiger partial charge in [-0.1, -0.05) is 6.07 Å². The number of rotatable bonds is 2. The van der Waals surface area contributed by atoms with Crippen LogP contribution in [-0.2, 0) is 15.1 Å². The molecular weight excluding hydrogens is 200 g/mol. The van der Waals surface area contributed by atoms with Crippen LogP contribution in [0, 0.1) is 27.7 Å². The van der Waals surface area contributed by atoms with E-state index in [0.717, 1.165) is 0 Å². The number of aryl methyl sites for hydroxylation is 2. The van der Waals surface area contributed by atoms with Crippen LogP contribution in [0.15, 0.2) is 6.07 Å². The number of hydrogen-bond acceptors (Lipinski definition) is 2. The molecule has 0 amide bonds. The molecule has 1 heterocycles. The standard InChI is InChI=1S/C14H20O2/c1-9-6-10(2)12(4)13(11(9)3)14(15-5)7-16-8-14/h6H,7-8H2,1-5H3. The van der Waals surface area contributed by atoms with E-state index in [1.54, 1.807) is 7.11 Å². The molecule has 1 aromatic rings. The minimum Gasteiger partial charge on any atom is -0.375 e. The molecule has 0 N–H and O–H groups in total. The number of ether oxygens (including phenoxy) is 2. The zero-order valence-electron chi connectivity index (χ0n) is 10.8. The molecule has 0 unspecified atom stereocenters. The van der Waals surface area contributed by atoms with Gasteiger partial charge in [-0.2, -0.15) is 0 Å². The SMILES string of the molecule is COC1(c2c(C)c(C)cc(C)c2C)COC1. The molecule has 2 nitrogen and oxygen atoms in total. The molecular formula is C14H20O2. The highest BCUT2D eigenvalue weighted by atomic mass is 16.6. The van der Waals surface area contributed by atoms with Crippen molar-refractivity contribution in [3.8, 4) is 0 Å². The van der Waals surface area contributed by atoms with Crippen LogP contribution in [0.25, 0.3) is 0 Å². The van der Waals surface area contributed by atoms with E-state index in [0.29, 0.717) is 13.2 Å². The van der Waals surface area contributed by atoms with Crippen LogP contribution in [0.5, 0.6) is 0 Å². The van der Waals surface area contributed by atoms with Gasteiger partial charge in [0, 0.05) is 7.11 Å². The van der Waals surface area contributed by atoms with Crippen LogP contribution in [0.1, 0.15) is 27.8 Å². The largest absolute Gasteiger partial charge is 0.375 e. The summed E-state index contributed by atoms with van der Waals surface area (Å²) < 4.78 is 11.1. The molecule has 1 fully saturated rings. The minimum atomic E-state index is -0.203. The Balaban J connectivity index is 2.63. The van der Waals surface area contributed by atoms with E-state index in [-0.39, 0.29) is 5.60 Å². The fourth-order valence-electron chi connectivity index (χ4n) is 2.55. The molecule has 0 atom stereocenters. The summed E-state index contributed by atoms with van der Waals surface area (Å²) in [5.74, 6) is 0. The third-order valence-corrected chi connectivity index (χ3v) is 3.88. The molecule has 1 aliphatic rings. The lowest BCUT2D eigenvalue weighted by Gasteiger charge is -2.42. The average Bonchev–Trinajstić information content (AvgIpc) is 2.19. The van der Waals surface area contributed by atoms with E-state index in [4.69, 9.17) is 9.47 Å². The molecule has 0 aromatic heterocycles. The van der Waals surface area contributed by atoms with E-state index in [1.165, 1.54) is 27.8 Å². The first-order valence-corrected chi connectivity index (χ1v) is 5.72. The fourth-order valence-corrected chi connectivity index (χ4v) is 2.55. The van der Waals surface area contributed by atoms with Crippen LogP contribution in [0.4, 0.5) is 0 Å². The van der Waals surface area contributed by atoms with Crippen molar-refractivity contribution in [1.82, 2.24) is 0 Å². The molecule has 1 aromatic carbocycles. The van der Waals surface area contributed by atoms with Crippen molar-refractivity contribution in [2.75, 3.05) is 20.3 Å². The lowest BCUT2D eigenvalue weighted by Crippen LogP contribution is -2.49. The Morgan fingerprint density at radius 2 is 1.56 bits per heavy atom. The Hall–Kier alpha value is -0.860. The van der Waals surface area contributed by atoms with Gasteiger partial charge in [-0.3, -0.25) is 0 Å². The summed E-state index contributed by atoms with van der Waals surface area (Å²) in [6.07, 6.45) is 0. The normalized spacial score (nSPS) is 18.3. The van der Waals surface area contributed by atoms with Crippen LogP contribution in [0.3, 0.4) is 0 Å². The molecule has 0 aliphatic carbocycles. The Morgan fingerprint density at radius 1 is 1.06 bits per heavy atom. The third kappa shape index (κ3) is 1.48. The van der Waals surface area contributed by atoms with Crippen molar-refractivity contribution in [2.24, 2.45) is 0 Å². The van der Waals surface area contributed by atoms with Gasteiger partial charge < -0.3 is 9.47 Å². The smallest absolute Gasteiger partial charge is 0.140 e. The summed E-state index contributed by atoms with van der Waals surface area (Å²) in [4.78, 5) is 0. The van der Waals surface area contributed by atoms with Gasteiger partial charge >= 0.3 is 0 Å². The molecule has 2 heteroatoms. The number of benzene rings is 1. The van der Waals surface area contributed by atoms with Crippen LogP contribution in [0.2, 0.25) is 0 Å². The topological polar surface area (TPSA) is 18.5 Å². The highest BCUT2D eigenvalue weighted by molar-refractivity contribution is 5.48. The first-order valence-electron chi connectivity index (χ1n) is 5.72. The Bertz CT molecular complexity index is 385. The molecule has 1 saturated heterocycles. The van der Waals surface area contributed by atoms with Crippen molar-refractivity contribution < 1.29 is 9.47 Å². The van der Waals surface area contributed by atoms with Gasteiger partial charge in [-0.25, -0.2) is 0 Å². The molecule has 0 spiro atoms. The van der Waals surface area contributed by atoms with Crippen molar-refractivity contribution >= 4 is 0 Å². The highest BCUT2D eigenvalue weighted by Crippen LogP contribution is 2.39. The zero-order valence-corrected chi connectivity index (χ0v) is 10.8. The van der Waals surface area contributed by atoms with Gasteiger partial charge in [0.1, 0.15) is 5.60 Å². The summed E-state index contributed by atoms with van der Waals surface area (Å²) in [6, 6.07) is 2.25. The molecule has 1 aliphatic heterocycles. The van der Waals surface area contributed by atoms with E-state index >= 15 is 0 Å². The number of hydrogen-bond donors (Lipinski definition) is 0. The molecule has 0 saturated carbocycles. The van der Waals surface area contributed by atoms with Gasteiger partial charge in [-0.15, -0.1) is 0 Å². The van der Waals surface area contributed by atoms with Crippen LogP contribution < -0.4 is 0 Å². The molecule has 0 radical (unpaired) electrons. The zero-order chi connectivity index (χ0) is 11.9. The Morgan fingerprint density at radius 3 is 1.88 bits per heavy atom. The maximum Gasteiger partial charge on any atom is 0.140 e. The van der Waals surface area contributed by atoms with E-state index in [1.807, 2.05) is 0 Å². The number of methoxy groups -OCH3 is 1. The van der Waals surface area contributed by atoms with Crippen LogP contribution >= 0.6 is 0 Å². The Labute approximate surface area is 97.6 Å². The summed E-state index contributed by atoms with van der Waals surface area (Å²) in [7, 11) is 1.78. The monoisotopic (exact) mass is 220 g/mol. The van der Waals surface area contributed by atoms with E-state index < -0.39 is 0 Å². The first-order chi connectivity index (χ1) is 7.52. The third-order valence-electron chi connectivity index (χ3n) is 3.88. The molecule has 2 rings (SSSR count). The van der Waals surface area contributed by atoms with Gasteiger partial charge in [0.25, 0.3) is 0 Å². The fraction of sp³-hybridized carbons (Fsp3) is 0.571. The van der Waals surface area contributed by atoms with Crippen molar-refractivity contribution in [1.29, 1.82) is 0 Å². The maximum absolute atomic E-state index is 5.71. The summed E-state index contributed by atoms with van der Waals surface area (Å²) in [5.41, 5.74) is 6.48. The van der Waals surface area contributed by atoms with Crippen molar-refractivity contribution in [2.45, 2.75) is 33.3 Å². The van der Waals surface area contributed by atoms with Crippen molar-refractivity contribution in [3.63, 3.8) is 0 Å². The predicted octanol–water partition coefficient (Wildman–Crippen LogP) is 2.79. The summed E-state index contributed by atoms with van der Waals surface area (Å²) in [6.45, 7) is 10.0. The van der Waals surface area contributed by atoms with Gasteiger partial charge in [0.15, 0.2) is 0 Å². The van der Waals surface area contributed by atoms with Gasteiger partial charge in [0.2, 0.25) is 0 Å². The van der Waals surface area contributed by atoms with Gasteiger partial charge in [0.05, 0.1) is 13.2 Å². The summed E-state index contributed by atoms with van der Waals surface area (Å²) >= 11 is 0. The highest BCUT2D eigenvalue weighted by Gasteiger charge is 2.43. The predicted molar refractivity (Wildman–Crippen MR) is 64.9 cm³/mol. The van der Waals surface area contributed by atoms with E-state index in [2.05, 4.69) is 33.8 Å². The lowest BCUT2D eigenvalue weighted by molar-refractivity contribution is -0.203. The van der Waals surface area contributed by atoms with Gasteiger partial charge in [-0.05, 0) is 55.5 Å². The van der Waals surface area contributed by atoms with Crippen molar-refractivity contribution in [3.05, 3.63) is 33.9 Å². The first kappa shape index (κ1) is 11.6. The van der Waals surface area contributed by atoms with E-state index in [9.17, 15) is 0 Å². The van der Waals surface area contributed by atoms with Crippen LogP contribution in [-0.4, -0.2) is 20.3 Å². The average molecular weight is 220 g/mol. The maximum atomic E-state index is 5.71. The Kier molecular flexibility index (Phi) is 2.81.